The van der Waals surface area contributed by atoms with Gasteiger partial charge in [0.2, 0.25) is 0 Å². The Hall–Kier alpha value is -2.63. The first-order valence-corrected chi connectivity index (χ1v) is 8.38. The molecule has 1 fully saturated rings. The lowest BCUT2D eigenvalue weighted by atomic mass is 9.99. The van der Waals surface area contributed by atoms with Gasteiger partial charge in [0.05, 0.1) is 11.7 Å². The van der Waals surface area contributed by atoms with E-state index in [0.29, 0.717) is 5.69 Å². The molecule has 3 aromatic heterocycles. The van der Waals surface area contributed by atoms with E-state index in [1.54, 1.807) is 4.68 Å². The van der Waals surface area contributed by atoms with E-state index in [4.69, 9.17) is 0 Å². The van der Waals surface area contributed by atoms with Gasteiger partial charge in [-0.25, -0.2) is 4.98 Å². The summed E-state index contributed by atoms with van der Waals surface area (Å²) in [7, 11) is 1.91. The number of likely N-dealkylation sites (tertiary alicyclic amines) is 1. The van der Waals surface area contributed by atoms with Crippen LogP contribution in [0.2, 0.25) is 0 Å². The van der Waals surface area contributed by atoms with Crippen LogP contribution in [0.3, 0.4) is 0 Å². The highest BCUT2D eigenvalue weighted by Gasteiger charge is 2.31. The Balaban J connectivity index is 1.67. The van der Waals surface area contributed by atoms with E-state index < -0.39 is 0 Å². The normalized spacial score (nSPS) is 18.2. The van der Waals surface area contributed by atoms with Crippen molar-refractivity contribution in [2.45, 2.75) is 32.2 Å². The Morgan fingerprint density at radius 1 is 1.21 bits per heavy atom. The summed E-state index contributed by atoms with van der Waals surface area (Å²) in [5, 5.41) is 4.51. The van der Waals surface area contributed by atoms with E-state index >= 15 is 0 Å². The maximum atomic E-state index is 13.1. The lowest BCUT2D eigenvalue weighted by Gasteiger charge is -2.34. The Morgan fingerprint density at radius 2 is 2.08 bits per heavy atom. The molecule has 1 atom stereocenters. The van der Waals surface area contributed by atoms with E-state index in [1.807, 2.05) is 60.1 Å². The molecule has 4 rings (SSSR count). The van der Waals surface area contributed by atoms with Crippen LogP contribution in [0.5, 0.6) is 0 Å². The number of nitrogens with zero attached hydrogens (tertiary/aromatic N) is 5. The van der Waals surface area contributed by atoms with Gasteiger partial charge in [0, 0.05) is 32.2 Å². The van der Waals surface area contributed by atoms with E-state index in [9.17, 15) is 4.79 Å². The summed E-state index contributed by atoms with van der Waals surface area (Å²) in [5.74, 6) is -0.00768. The Kier molecular flexibility index (Phi) is 3.59. The fourth-order valence-corrected chi connectivity index (χ4v) is 3.45. The zero-order valence-corrected chi connectivity index (χ0v) is 14.0. The van der Waals surface area contributed by atoms with Gasteiger partial charge in [-0.15, -0.1) is 0 Å². The van der Waals surface area contributed by atoms with Crippen molar-refractivity contribution in [2.24, 2.45) is 7.05 Å². The largest absolute Gasteiger partial charge is 0.329 e. The zero-order valence-electron chi connectivity index (χ0n) is 14.0. The van der Waals surface area contributed by atoms with Gasteiger partial charge in [-0.3, -0.25) is 9.48 Å². The Morgan fingerprint density at radius 3 is 2.88 bits per heavy atom. The minimum Gasteiger partial charge on any atom is -0.329 e. The third-order valence-corrected chi connectivity index (χ3v) is 4.66. The van der Waals surface area contributed by atoms with E-state index in [1.165, 1.54) is 0 Å². The van der Waals surface area contributed by atoms with Gasteiger partial charge in [0.1, 0.15) is 11.3 Å². The standard InChI is InChI=1S/C18H21N5O/c1-13-6-7-17-19-15(12-22(17)11-13)18(24)23-9-4-3-5-16(23)14-8-10-21(2)20-14/h6-8,10-12,16H,3-5,9H2,1-2H3. The SMILES string of the molecule is Cc1ccc2nc(C(=O)N3CCCCC3c3ccn(C)n3)cn2c1. The number of carbonyl (C=O) groups excluding carboxylic acids is 1. The second-order valence-electron chi connectivity index (χ2n) is 6.52. The van der Waals surface area contributed by atoms with Crippen molar-refractivity contribution in [2.75, 3.05) is 6.54 Å². The highest BCUT2D eigenvalue weighted by Crippen LogP contribution is 2.31. The first kappa shape index (κ1) is 14.9. The average Bonchev–Trinajstić information content (AvgIpc) is 3.20. The molecule has 0 radical (unpaired) electrons. The Bertz CT molecular complexity index is 894. The van der Waals surface area contributed by atoms with E-state index in [0.717, 1.165) is 42.7 Å². The fraction of sp³-hybridized carbons (Fsp3) is 0.389. The van der Waals surface area contributed by atoms with Gasteiger partial charge in [-0.05, 0) is 43.9 Å². The molecule has 4 heterocycles. The fourth-order valence-electron chi connectivity index (χ4n) is 3.45. The van der Waals surface area contributed by atoms with Crippen LogP contribution in [-0.2, 0) is 7.05 Å². The van der Waals surface area contributed by atoms with Gasteiger partial charge in [-0.2, -0.15) is 5.10 Å². The topological polar surface area (TPSA) is 55.4 Å². The first-order chi connectivity index (χ1) is 11.6. The van der Waals surface area contributed by atoms with Crippen LogP contribution in [0.4, 0.5) is 0 Å². The van der Waals surface area contributed by atoms with Gasteiger partial charge >= 0.3 is 0 Å². The summed E-state index contributed by atoms with van der Waals surface area (Å²) in [6.45, 7) is 2.79. The number of hydrogen-bond acceptors (Lipinski definition) is 3. The van der Waals surface area contributed by atoms with Crippen LogP contribution in [0.15, 0.2) is 36.8 Å². The summed E-state index contributed by atoms with van der Waals surface area (Å²) >= 11 is 0. The van der Waals surface area contributed by atoms with Gasteiger partial charge in [0.15, 0.2) is 0 Å². The van der Waals surface area contributed by atoms with Crippen LogP contribution in [0.25, 0.3) is 5.65 Å². The molecule has 0 spiro atoms. The molecule has 6 nitrogen and oxygen atoms in total. The molecule has 3 aromatic rings. The number of aromatic nitrogens is 4. The monoisotopic (exact) mass is 323 g/mol. The summed E-state index contributed by atoms with van der Waals surface area (Å²) < 4.78 is 3.71. The maximum Gasteiger partial charge on any atom is 0.274 e. The molecule has 1 unspecified atom stereocenters. The number of imidazole rings is 1. The molecule has 6 heteroatoms. The molecule has 0 saturated carbocycles. The summed E-state index contributed by atoms with van der Waals surface area (Å²) in [6, 6.07) is 6.00. The summed E-state index contributed by atoms with van der Waals surface area (Å²) in [5.41, 5.74) is 3.41. The molecular weight excluding hydrogens is 302 g/mol. The molecule has 0 aromatic carbocycles. The van der Waals surface area contributed by atoms with Crippen LogP contribution in [0.1, 0.15) is 47.1 Å². The minimum atomic E-state index is -0.00768. The van der Waals surface area contributed by atoms with Crippen molar-refractivity contribution >= 4 is 11.6 Å². The first-order valence-electron chi connectivity index (χ1n) is 8.38. The number of rotatable bonds is 2. The second kappa shape index (κ2) is 5.78. The van der Waals surface area contributed by atoms with Gasteiger partial charge in [0.25, 0.3) is 5.91 Å². The van der Waals surface area contributed by atoms with Crippen molar-refractivity contribution in [3.05, 3.63) is 53.7 Å². The summed E-state index contributed by atoms with van der Waals surface area (Å²) in [6.07, 6.45) is 8.85. The quantitative estimate of drug-likeness (QED) is 0.728. The zero-order chi connectivity index (χ0) is 16.7. The number of fused-ring (bicyclic) bond motifs is 1. The smallest absolute Gasteiger partial charge is 0.274 e. The van der Waals surface area contributed by atoms with Crippen molar-refractivity contribution in [1.82, 2.24) is 24.1 Å². The highest BCUT2D eigenvalue weighted by atomic mass is 16.2. The Labute approximate surface area is 140 Å². The third-order valence-electron chi connectivity index (χ3n) is 4.66. The molecule has 0 bridgehead atoms. The van der Waals surface area contributed by atoms with Crippen LogP contribution in [0, 0.1) is 6.92 Å². The van der Waals surface area contributed by atoms with Gasteiger partial charge in [-0.1, -0.05) is 6.07 Å². The molecular formula is C18H21N5O. The molecule has 24 heavy (non-hydrogen) atoms. The highest BCUT2D eigenvalue weighted by molar-refractivity contribution is 5.93. The van der Waals surface area contributed by atoms with E-state index in [2.05, 4.69) is 10.1 Å². The molecule has 1 aliphatic heterocycles. The predicted molar refractivity (Wildman–Crippen MR) is 90.8 cm³/mol. The lowest BCUT2D eigenvalue weighted by molar-refractivity contribution is 0.0600. The third kappa shape index (κ3) is 2.58. The molecule has 124 valence electrons. The molecule has 0 N–H and O–H groups in total. The second-order valence-corrected chi connectivity index (χ2v) is 6.52. The number of piperidine rings is 1. The van der Waals surface area contributed by atoms with Crippen molar-refractivity contribution in [3.8, 4) is 0 Å². The van der Waals surface area contributed by atoms with Crippen molar-refractivity contribution < 1.29 is 4.79 Å². The molecule has 0 aliphatic carbocycles. The van der Waals surface area contributed by atoms with E-state index in [-0.39, 0.29) is 11.9 Å². The number of amides is 1. The number of aryl methyl sites for hydroxylation is 2. The maximum absolute atomic E-state index is 13.1. The predicted octanol–water partition coefficient (Wildman–Crippen LogP) is 2.74. The molecule has 1 amide bonds. The van der Waals surface area contributed by atoms with Crippen LogP contribution >= 0.6 is 0 Å². The minimum absolute atomic E-state index is 0.00768. The lowest BCUT2D eigenvalue weighted by Crippen LogP contribution is -2.39. The van der Waals surface area contributed by atoms with Crippen LogP contribution in [-0.4, -0.2) is 36.5 Å². The molecule has 1 saturated heterocycles. The van der Waals surface area contributed by atoms with Crippen molar-refractivity contribution in [3.63, 3.8) is 0 Å². The van der Waals surface area contributed by atoms with Crippen LogP contribution < -0.4 is 0 Å². The number of carbonyl (C=O) groups is 1. The summed E-state index contributed by atoms with van der Waals surface area (Å²) in [4.78, 5) is 19.5. The molecule has 1 aliphatic rings. The number of hydrogen-bond donors (Lipinski definition) is 0. The van der Waals surface area contributed by atoms with Crippen molar-refractivity contribution in [1.29, 1.82) is 0 Å². The van der Waals surface area contributed by atoms with Gasteiger partial charge < -0.3 is 9.30 Å². The number of pyridine rings is 1. The average molecular weight is 323 g/mol.